The zero-order valence-corrected chi connectivity index (χ0v) is 9.67. The van der Waals surface area contributed by atoms with Gasteiger partial charge in [-0.25, -0.2) is 4.68 Å². The number of aldehydes is 1. The molecule has 6 nitrogen and oxygen atoms in total. The molecule has 6 heteroatoms. The summed E-state index contributed by atoms with van der Waals surface area (Å²) in [4.78, 5) is 22.7. The number of benzene rings is 1. The minimum absolute atomic E-state index is 0.0921. The van der Waals surface area contributed by atoms with Gasteiger partial charge in [-0.3, -0.25) is 9.59 Å². The van der Waals surface area contributed by atoms with Gasteiger partial charge in [-0.1, -0.05) is 11.3 Å². The second-order valence-electron chi connectivity index (χ2n) is 4.20. The number of fused-ring (bicyclic) bond motifs is 3. The van der Waals surface area contributed by atoms with E-state index in [9.17, 15) is 9.59 Å². The van der Waals surface area contributed by atoms with E-state index in [0.29, 0.717) is 17.7 Å². The number of anilines is 1. The molecular weight excluding hydrogens is 232 g/mol. The number of rotatable bonds is 1. The third-order valence-electron chi connectivity index (χ3n) is 2.89. The lowest BCUT2D eigenvalue weighted by molar-refractivity contribution is -0.115. The van der Waals surface area contributed by atoms with Gasteiger partial charge in [0, 0.05) is 0 Å². The molecule has 1 aliphatic rings. The maximum Gasteiger partial charge on any atom is 0.230 e. The number of amides is 1. The van der Waals surface area contributed by atoms with Gasteiger partial charge in [0.2, 0.25) is 5.91 Å². The van der Waals surface area contributed by atoms with Crippen molar-refractivity contribution in [3.05, 3.63) is 35.2 Å². The highest BCUT2D eigenvalue weighted by Crippen LogP contribution is 2.26. The number of aromatic nitrogens is 3. The summed E-state index contributed by atoms with van der Waals surface area (Å²) in [5.74, 6) is -0.177. The first-order valence-corrected chi connectivity index (χ1v) is 5.49. The van der Waals surface area contributed by atoms with E-state index in [-0.39, 0.29) is 18.0 Å². The minimum atomic E-state index is -0.177. The first-order chi connectivity index (χ1) is 8.69. The lowest BCUT2D eigenvalue weighted by Gasteiger charge is -2.08. The van der Waals surface area contributed by atoms with Crippen LogP contribution in [0.5, 0.6) is 0 Å². The van der Waals surface area contributed by atoms with Crippen molar-refractivity contribution < 1.29 is 9.59 Å². The van der Waals surface area contributed by atoms with Crippen molar-refractivity contribution in [1.82, 2.24) is 15.0 Å². The minimum Gasteiger partial charge on any atom is -0.324 e. The summed E-state index contributed by atoms with van der Waals surface area (Å²) in [6.07, 6.45) is 0.710. The zero-order valence-electron chi connectivity index (χ0n) is 9.67. The molecule has 0 bridgehead atoms. The molecule has 0 unspecified atom stereocenters. The van der Waals surface area contributed by atoms with Gasteiger partial charge in [0.25, 0.3) is 0 Å². The number of aryl methyl sites for hydroxylation is 1. The van der Waals surface area contributed by atoms with Crippen molar-refractivity contribution in [2.75, 3.05) is 5.32 Å². The number of nitrogens with zero attached hydrogens (tertiary/aromatic N) is 3. The normalized spacial score (nSPS) is 13.3. The van der Waals surface area contributed by atoms with Crippen molar-refractivity contribution >= 4 is 17.9 Å². The Kier molecular flexibility index (Phi) is 2.22. The second kappa shape index (κ2) is 3.76. The number of hydrogen-bond donors (Lipinski definition) is 1. The van der Waals surface area contributed by atoms with Gasteiger partial charge in [-0.05, 0) is 24.6 Å². The molecule has 1 aromatic heterocycles. The Morgan fingerprint density at radius 3 is 3.06 bits per heavy atom. The molecular formula is C12H10N4O2. The molecule has 1 amide bonds. The fourth-order valence-corrected chi connectivity index (χ4v) is 2.03. The Balaban J connectivity index is 2.30. The largest absolute Gasteiger partial charge is 0.324 e. The lowest BCUT2D eigenvalue weighted by atomic mass is 10.2. The third-order valence-corrected chi connectivity index (χ3v) is 2.89. The molecule has 0 spiro atoms. The van der Waals surface area contributed by atoms with Crippen molar-refractivity contribution in [1.29, 1.82) is 0 Å². The number of carbonyl (C=O) groups excluding carboxylic acids is 2. The van der Waals surface area contributed by atoms with E-state index in [4.69, 9.17) is 0 Å². The summed E-state index contributed by atoms with van der Waals surface area (Å²) in [6.45, 7) is 1.95. The smallest absolute Gasteiger partial charge is 0.230 e. The van der Waals surface area contributed by atoms with Gasteiger partial charge in [-0.15, -0.1) is 5.10 Å². The predicted molar refractivity (Wildman–Crippen MR) is 63.8 cm³/mol. The monoisotopic (exact) mass is 242 g/mol. The Morgan fingerprint density at radius 2 is 2.28 bits per heavy atom. The van der Waals surface area contributed by atoms with E-state index < -0.39 is 0 Å². The molecule has 0 aliphatic carbocycles. The third kappa shape index (κ3) is 1.50. The van der Waals surface area contributed by atoms with Crippen LogP contribution in [0.25, 0.3) is 5.69 Å². The first kappa shape index (κ1) is 10.6. The SMILES string of the molecule is Cc1ccc2c(c1)-n1nnc(C=O)c1CC(=O)N2. The average molecular weight is 242 g/mol. The van der Waals surface area contributed by atoms with E-state index >= 15 is 0 Å². The molecule has 0 atom stereocenters. The highest BCUT2D eigenvalue weighted by Gasteiger charge is 2.23. The summed E-state index contributed by atoms with van der Waals surface area (Å²) in [5, 5.41) is 10.5. The standard InChI is InChI=1S/C12H10N4O2/c1-7-2-3-8-10(4-7)16-11(5-12(18)13-8)9(6-17)14-15-16/h2-4,6H,5H2,1H3,(H,13,18). The van der Waals surface area contributed by atoms with Crippen LogP contribution < -0.4 is 5.32 Å². The zero-order chi connectivity index (χ0) is 12.7. The van der Waals surface area contributed by atoms with Gasteiger partial charge in [0.1, 0.15) is 5.69 Å². The second-order valence-corrected chi connectivity index (χ2v) is 4.20. The topological polar surface area (TPSA) is 76.9 Å². The molecule has 1 aliphatic heterocycles. The molecule has 0 saturated heterocycles. The van der Waals surface area contributed by atoms with Crippen molar-refractivity contribution in [2.24, 2.45) is 0 Å². The van der Waals surface area contributed by atoms with Crippen LogP contribution in [0.15, 0.2) is 18.2 Å². The quantitative estimate of drug-likeness (QED) is 0.753. The first-order valence-electron chi connectivity index (χ1n) is 5.49. The average Bonchev–Trinajstić information content (AvgIpc) is 2.68. The van der Waals surface area contributed by atoms with Gasteiger partial charge < -0.3 is 5.32 Å². The van der Waals surface area contributed by atoms with Crippen LogP contribution in [0, 0.1) is 6.92 Å². The van der Waals surface area contributed by atoms with Crippen LogP contribution in [-0.4, -0.2) is 27.2 Å². The Labute approximate surface area is 103 Å². The molecule has 2 heterocycles. The van der Waals surface area contributed by atoms with Crippen molar-refractivity contribution in [2.45, 2.75) is 13.3 Å². The summed E-state index contributed by atoms with van der Waals surface area (Å²) in [7, 11) is 0. The molecule has 0 saturated carbocycles. The maximum absolute atomic E-state index is 11.8. The van der Waals surface area contributed by atoms with Gasteiger partial charge >= 0.3 is 0 Å². The molecule has 90 valence electrons. The molecule has 1 N–H and O–H groups in total. The highest BCUT2D eigenvalue weighted by atomic mass is 16.1. The molecule has 1 aromatic carbocycles. The van der Waals surface area contributed by atoms with Crippen LogP contribution in [0.3, 0.4) is 0 Å². The van der Waals surface area contributed by atoms with E-state index in [2.05, 4.69) is 15.6 Å². The maximum atomic E-state index is 11.8. The van der Waals surface area contributed by atoms with Gasteiger partial charge in [0.05, 0.1) is 23.5 Å². The Morgan fingerprint density at radius 1 is 1.44 bits per heavy atom. The fourth-order valence-electron chi connectivity index (χ4n) is 2.03. The summed E-state index contributed by atoms with van der Waals surface area (Å²) in [5.41, 5.74) is 3.17. The summed E-state index contributed by atoms with van der Waals surface area (Å²) < 4.78 is 1.55. The van der Waals surface area contributed by atoms with E-state index in [1.165, 1.54) is 0 Å². The van der Waals surface area contributed by atoms with E-state index in [1.807, 2.05) is 25.1 Å². The lowest BCUT2D eigenvalue weighted by Crippen LogP contribution is -2.13. The van der Waals surface area contributed by atoms with E-state index in [0.717, 1.165) is 11.3 Å². The van der Waals surface area contributed by atoms with Crippen molar-refractivity contribution in [3.8, 4) is 5.69 Å². The highest BCUT2D eigenvalue weighted by molar-refractivity contribution is 5.96. The number of carbonyl (C=O) groups is 2. The van der Waals surface area contributed by atoms with E-state index in [1.54, 1.807) is 4.68 Å². The van der Waals surface area contributed by atoms with Crippen LogP contribution in [0.2, 0.25) is 0 Å². The predicted octanol–water partition coefficient (Wildman–Crippen LogP) is 0.883. The molecule has 0 fully saturated rings. The molecule has 18 heavy (non-hydrogen) atoms. The van der Waals surface area contributed by atoms with Crippen LogP contribution in [0.4, 0.5) is 5.69 Å². The molecule has 2 aromatic rings. The fraction of sp³-hybridized carbons (Fsp3) is 0.167. The summed E-state index contributed by atoms with van der Waals surface area (Å²) >= 11 is 0. The molecule has 0 radical (unpaired) electrons. The number of hydrogen-bond acceptors (Lipinski definition) is 4. The Hall–Kier alpha value is -2.50. The summed E-state index contributed by atoms with van der Waals surface area (Å²) in [6, 6.07) is 5.62. The van der Waals surface area contributed by atoms with Crippen molar-refractivity contribution in [3.63, 3.8) is 0 Å². The van der Waals surface area contributed by atoms with Gasteiger partial charge in [0.15, 0.2) is 6.29 Å². The Bertz CT molecular complexity index is 660. The molecule has 3 rings (SSSR count). The van der Waals surface area contributed by atoms with Crippen LogP contribution in [-0.2, 0) is 11.2 Å². The van der Waals surface area contributed by atoms with Gasteiger partial charge in [-0.2, -0.15) is 0 Å². The number of nitrogens with one attached hydrogen (secondary N) is 1. The van der Waals surface area contributed by atoms with Crippen LogP contribution in [0.1, 0.15) is 21.7 Å². The van der Waals surface area contributed by atoms with Crippen LogP contribution >= 0.6 is 0 Å².